The Morgan fingerprint density at radius 3 is 2.38 bits per heavy atom. The number of aryl methyl sites for hydroxylation is 1. The van der Waals surface area contributed by atoms with Crippen molar-refractivity contribution in [1.82, 2.24) is 0 Å². The van der Waals surface area contributed by atoms with Crippen LogP contribution >= 0.6 is 0 Å². The highest BCUT2D eigenvalue weighted by atomic mass is 16.5. The van der Waals surface area contributed by atoms with E-state index in [4.69, 9.17) is 13.9 Å². The van der Waals surface area contributed by atoms with Gasteiger partial charge >= 0.3 is 5.63 Å². The number of ether oxygens (including phenoxy) is 2. The predicted octanol–water partition coefficient (Wildman–Crippen LogP) is 3.93. The highest BCUT2D eigenvalue weighted by molar-refractivity contribution is 5.88. The molecule has 2 rings (SSSR count). The summed E-state index contributed by atoms with van der Waals surface area (Å²) in [6.07, 6.45) is 2.58. The van der Waals surface area contributed by atoms with Gasteiger partial charge in [-0.15, -0.1) is 0 Å². The van der Waals surface area contributed by atoms with Crippen molar-refractivity contribution >= 4 is 11.0 Å². The number of rotatable bonds is 7. The second kappa shape index (κ2) is 7.16. The summed E-state index contributed by atoms with van der Waals surface area (Å²) < 4.78 is 16.8. The third-order valence-corrected chi connectivity index (χ3v) is 3.18. The summed E-state index contributed by atoms with van der Waals surface area (Å²) in [7, 11) is 0. The van der Waals surface area contributed by atoms with Crippen LogP contribution in [0.4, 0.5) is 0 Å². The molecule has 1 aromatic carbocycles. The second-order valence-electron chi connectivity index (χ2n) is 4.94. The minimum absolute atomic E-state index is 0.339. The van der Waals surface area contributed by atoms with E-state index in [9.17, 15) is 4.79 Å². The van der Waals surface area contributed by atoms with Gasteiger partial charge in [0.25, 0.3) is 0 Å². The fraction of sp³-hybridized carbons (Fsp3) is 0.471. The van der Waals surface area contributed by atoms with Gasteiger partial charge in [0.2, 0.25) is 0 Å². The first-order chi connectivity index (χ1) is 10.2. The number of hydrogen-bond acceptors (Lipinski definition) is 4. The van der Waals surface area contributed by atoms with Gasteiger partial charge in [-0.2, -0.15) is 0 Å². The lowest BCUT2D eigenvalue weighted by atomic mass is 10.1. The summed E-state index contributed by atoms with van der Waals surface area (Å²) in [4.78, 5) is 11.7. The topological polar surface area (TPSA) is 48.7 Å². The Labute approximate surface area is 124 Å². The summed E-state index contributed by atoms with van der Waals surface area (Å²) in [5.74, 6) is 1.40. The molecule has 114 valence electrons. The maximum absolute atomic E-state index is 11.7. The van der Waals surface area contributed by atoms with Gasteiger partial charge in [0.1, 0.15) is 17.1 Å². The minimum Gasteiger partial charge on any atom is -0.493 e. The van der Waals surface area contributed by atoms with Gasteiger partial charge in [-0.3, -0.25) is 0 Å². The fourth-order valence-corrected chi connectivity index (χ4v) is 2.22. The second-order valence-corrected chi connectivity index (χ2v) is 4.94. The predicted molar refractivity (Wildman–Crippen MR) is 83.4 cm³/mol. The van der Waals surface area contributed by atoms with Crippen molar-refractivity contribution < 1.29 is 13.9 Å². The van der Waals surface area contributed by atoms with E-state index < -0.39 is 0 Å². The van der Waals surface area contributed by atoms with E-state index in [1.54, 1.807) is 6.07 Å². The van der Waals surface area contributed by atoms with Crippen LogP contribution in [0, 0.1) is 0 Å². The van der Waals surface area contributed by atoms with Gasteiger partial charge in [0, 0.05) is 18.2 Å². The molecule has 21 heavy (non-hydrogen) atoms. The molecule has 0 fully saturated rings. The summed E-state index contributed by atoms with van der Waals surface area (Å²) in [5.41, 5.74) is 1.13. The molecule has 2 aromatic rings. The summed E-state index contributed by atoms with van der Waals surface area (Å²) >= 11 is 0. The maximum Gasteiger partial charge on any atom is 0.336 e. The molecule has 0 aliphatic rings. The molecule has 0 atom stereocenters. The quantitative estimate of drug-likeness (QED) is 0.725. The lowest BCUT2D eigenvalue weighted by Gasteiger charge is -2.13. The zero-order chi connectivity index (χ0) is 15.2. The molecule has 0 bridgehead atoms. The zero-order valence-electron chi connectivity index (χ0n) is 12.9. The molecule has 0 aliphatic heterocycles. The van der Waals surface area contributed by atoms with Crippen LogP contribution in [0.25, 0.3) is 11.0 Å². The van der Waals surface area contributed by atoms with Crippen molar-refractivity contribution in [2.45, 2.75) is 40.0 Å². The molecule has 0 unspecified atom stereocenters. The Bertz CT molecular complexity index is 658. The van der Waals surface area contributed by atoms with Crippen molar-refractivity contribution in [2.75, 3.05) is 13.2 Å². The number of fused-ring (bicyclic) bond motifs is 1. The zero-order valence-corrected chi connectivity index (χ0v) is 12.9. The Hall–Kier alpha value is -1.97. The van der Waals surface area contributed by atoms with E-state index in [-0.39, 0.29) is 5.63 Å². The van der Waals surface area contributed by atoms with E-state index >= 15 is 0 Å². The van der Waals surface area contributed by atoms with Gasteiger partial charge in [-0.1, -0.05) is 20.8 Å². The lowest BCUT2D eigenvalue weighted by molar-refractivity contribution is 0.303. The van der Waals surface area contributed by atoms with E-state index in [2.05, 4.69) is 6.92 Å². The van der Waals surface area contributed by atoms with E-state index in [1.165, 1.54) is 6.07 Å². The average molecular weight is 290 g/mol. The van der Waals surface area contributed by atoms with Crippen LogP contribution in [0.1, 0.15) is 39.2 Å². The van der Waals surface area contributed by atoms with Crippen molar-refractivity contribution in [3.8, 4) is 11.5 Å². The van der Waals surface area contributed by atoms with Gasteiger partial charge in [0.15, 0.2) is 0 Å². The van der Waals surface area contributed by atoms with E-state index in [0.717, 1.165) is 36.0 Å². The van der Waals surface area contributed by atoms with Crippen LogP contribution in [0.3, 0.4) is 0 Å². The molecule has 0 aliphatic carbocycles. The molecule has 0 amide bonds. The molecule has 1 aromatic heterocycles. The number of benzene rings is 1. The molecule has 0 N–H and O–H groups in total. The first-order valence-electron chi connectivity index (χ1n) is 7.55. The lowest BCUT2D eigenvalue weighted by Crippen LogP contribution is -2.04. The number of hydrogen-bond donors (Lipinski definition) is 0. The van der Waals surface area contributed by atoms with E-state index in [0.29, 0.717) is 24.5 Å². The highest BCUT2D eigenvalue weighted by Gasteiger charge is 2.13. The highest BCUT2D eigenvalue weighted by Crippen LogP contribution is 2.33. The average Bonchev–Trinajstić information content (AvgIpc) is 2.49. The molecular formula is C17H22O4. The summed E-state index contributed by atoms with van der Waals surface area (Å²) in [5, 5.41) is 0.870. The molecule has 0 saturated heterocycles. The Morgan fingerprint density at radius 1 is 1.00 bits per heavy atom. The molecule has 0 radical (unpaired) electrons. The smallest absolute Gasteiger partial charge is 0.336 e. The van der Waals surface area contributed by atoms with Crippen molar-refractivity contribution in [1.29, 1.82) is 0 Å². The molecular weight excluding hydrogens is 268 g/mol. The van der Waals surface area contributed by atoms with Crippen LogP contribution in [0.2, 0.25) is 0 Å². The normalized spacial score (nSPS) is 10.8. The molecule has 4 heteroatoms. The summed E-state index contributed by atoms with van der Waals surface area (Å²) in [6, 6.07) is 5.19. The van der Waals surface area contributed by atoms with Gasteiger partial charge in [-0.25, -0.2) is 4.79 Å². The van der Waals surface area contributed by atoms with Crippen molar-refractivity contribution in [3.05, 3.63) is 34.2 Å². The standard InChI is InChI=1S/C17H22O4/c1-4-7-19-13-10-14(20-8-5-2)17-12(6-3)9-16(18)21-15(17)11-13/h9-11H,4-8H2,1-3H3. The molecule has 0 saturated carbocycles. The molecule has 0 spiro atoms. The van der Waals surface area contributed by atoms with Gasteiger partial charge in [0.05, 0.1) is 18.6 Å². The van der Waals surface area contributed by atoms with Crippen LogP contribution in [-0.4, -0.2) is 13.2 Å². The fourth-order valence-electron chi connectivity index (χ4n) is 2.22. The monoisotopic (exact) mass is 290 g/mol. The molecule has 4 nitrogen and oxygen atoms in total. The maximum atomic E-state index is 11.7. The first-order valence-corrected chi connectivity index (χ1v) is 7.55. The SMILES string of the molecule is CCCOc1cc(OCCC)c2c(CC)cc(=O)oc2c1. The van der Waals surface area contributed by atoms with Crippen LogP contribution in [0.15, 0.2) is 27.4 Å². The first kappa shape index (κ1) is 15.4. The van der Waals surface area contributed by atoms with E-state index in [1.807, 2.05) is 19.9 Å². The third-order valence-electron chi connectivity index (χ3n) is 3.18. The van der Waals surface area contributed by atoms with Crippen LogP contribution in [0.5, 0.6) is 11.5 Å². The Kier molecular flexibility index (Phi) is 5.26. The Balaban J connectivity index is 2.59. The van der Waals surface area contributed by atoms with Crippen molar-refractivity contribution in [2.24, 2.45) is 0 Å². The van der Waals surface area contributed by atoms with Crippen molar-refractivity contribution in [3.63, 3.8) is 0 Å². The van der Waals surface area contributed by atoms with Gasteiger partial charge in [-0.05, 0) is 24.8 Å². The van der Waals surface area contributed by atoms with Crippen LogP contribution < -0.4 is 15.1 Å². The molecule has 1 heterocycles. The largest absolute Gasteiger partial charge is 0.493 e. The van der Waals surface area contributed by atoms with Crippen LogP contribution in [-0.2, 0) is 6.42 Å². The summed E-state index contributed by atoms with van der Waals surface area (Å²) in [6.45, 7) is 7.36. The van der Waals surface area contributed by atoms with Gasteiger partial charge < -0.3 is 13.9 Å². The third kappa shape index (κ3) is 3.57. The Morgan fingerprint density at radius 2 is 1.71 bits per heavy atom. The minimum atomic E-state index is -0.339.